The van der Waals surface area contributed by atoms with E-state index in [9.17, 15) is 14.4 Å². The number of carbonyl (C=O) groups excluding carboxylic acids is 3. The van der Waals surface area contributed by atoms with E-state index in [2.05, 4.69) is 5.32 Å². The molecule has 1 aliphatic rings. The first-order chi connectivity index (χ1) is 15.2. The smallest absolute Gasteiger partial charge is 0.407 e. The van der Waals surface area contributed by atoms with Crippen molar-refractivity contribution < 1.29 is 33.3 Å². The van der Waals surface area contributed by atoms with E-state index < -0.39 is 23.8 Å². The Morgan fingerprint density at radius 1 is 1.16 bits per heavy atom. The molecule has 8 nitrogen and oxygen atoms in total. The Balaban J connectivity index is 1.79. The molecule has 0 aromatic heterocycles. The van der Waals surface area contributed by atoms with E-state index in [1.54, 1.807) is 20.8 Å². The Morgan fingerprint density at radius 2 is 1.91 bits per heavy atom. The number of rotatable bonds is 11. The molecule has 32 heavy (non-hydrogen) atoms. The van der Waals surface area contributed by atoms with Gasteiger partial charge in [0.05, 0.1) is 6.10 Å². The third-order valence-electron chi connectivity index (χ3n) is 4.65. The largest absolute Gasteiger partial charge is 0.460 e. The number of nitrogens with one attached hydrogen (secondary N) is 1. The summed E-state index contributed by atoms with van der Waals surface area (Å²) in [4.78, 5) is 36.3. The lowest BCUT2D eigenvalue weighted by Crippen LogP contribution is -2.34. The summed E-state index contributed by atoms with van der Waals surface area (Å²) < 4.78 is 22.0. The zero-order valence-corrected chi connectivity index (χ0v) is 19.3. The van der Waals surface area contributed by atoms with Gasteiger partial charge in [0.15, 0.2) is 6.29 Å². The minimum atomic E-state index is -0.646. The molecule has 1 aromatic rings. The highest BCUT2D eigenvalue weighted by atomic mass is 16.7. The van der Waals surface area contributed by atoms with Gasteiger partial charge in [-0.15, -0.1) is 0 Å². The maximum atomic E-state index is 12.4. The van der Waals surface area contributed by atoms with Gasteiger partial charge in [0.1, 0.15) is 24.4 Å². The van der Waals surface area contributed by atoms with Crippen molar-refractivity contribution in [3.05, 3.63) is 35.9 Å². The first-order valence-corrected chi connectivity index (χ1v) is 11.2. The molecular formula is C24H35NO7. The van der Waals surface area contributed by atoms with Gasteiger partial charge in [-0.1, -0.05) is 30.3 Å². The number of hydrogen-bond donors (Lipinski definition) is 1. The van der Waals surface area contributed by atoms with E-state index in [1.807, 2.05) is 30.3 Å². The quantitative estimate of drug-likeness (QED) is 0.404. The third kappa shape index (κ3) is 11.2. The molecule has 1 N–H and O–H groups in total. The lowest BCUT2D eigenvalue weighted by molar-refractivity contribution is -0.190. The Labute approximate surface area is 189 Å². The summed E-state index contributed by atoms with van der Waals surface area (Å²) >= 11 is 0. The van der Waals surface area contributed by atoms with Crippen LogP contribution < -0.4 is 5.32 Å². The minimum absolute atomic E-state index is 0.0415. The molecule has 0 radical (unpaired) electrons. The summed E-state index contributed by atoms with van der Waals surface area (Å²) in [5.74, 6) is -0.829. The van der Waals surface area contributed by atoms with E-state index >= 15 is 0 Å². The number of ether oxygens (including phenoxy) is 4. The first-order valence-electron chi connectivity index (χ1n) is 11.2. The Bertz CT molecular complexity index is 724. The van der Waals surface area contributed by atoms with Gasteiger partial charge in [-0.3, -0.25) is 9.59 Å². The van der Waals surface area contributed by atoms with Crippen LogP contribution in [0.4, 0.5) is 4.79 Å². The number of Topliss-reactive ketones (excluding diaryl/α,β-unsaturated/α-hetero) is 1. The van der Waals surface area contributed by atoms with E-state index in [0.29, 0.717) is 13.0 Å². The molecule has 0 saturated carbocycles. The fourth-order valence-corrected chi connectivity index (χ4v) is 3.23. The highest BCUT2D eigenvalue weighted by Gasteiger charge is 2.25. The van der Waals surface area contributed by atoms with Crippen LogP contribution in [-0.4, -0.2) is 49.0 Å². The average Bonchev–Trinajstić information content (AvgIpc) is 2.72. The van der Waals surface area contributed by atoms with Gasteiger partial charge in [0.25, 0.3) is 0 Å². The summed E-state index contributed by atoms with van der Waals surface area (Å²) in [5, 5.41) is 2.68. The van der Waals surface area contributed by atoms with Crippen molar-refractivity contribution in [1.82, 2.24) is 5.32 Å². The zero-order chi connectivity index (χ0) is 23.4. The highest BCUT2D eigenvalue weighted by molar-refractivity contribution is 5.95. The number of amides is 1. The maximum absolute atomic E-state index is 12.4. The fourth-order valence-electron chi connectivity index (χ4n) is 3.23. The fraction of sp³-hybridized carbons (Fsp3) is 0.625. The highest BCUT2D eigenvalue weighted by Crippen LogP contribution is 2.19. The van der Waals surface area contributed by atoms with Gasteiger partial charge in [0.2, 0.25) is 0 Å². The molecule has 1 saturated heterocycles. The van der Waals surface area contributed by atoms with Crippen LogP contribution in [0.1, 0.15) is 64.9 Å². The second-order valence-corrected chi connectivity index (χ2v) is 8.84. The third-order valence-corrected chi connectivity index (χ3v) is 4.65. The van der Waals surface area contributed by atoms with Crippen LogP contribution in [0.5, 0.6) is 0 Å². The minimum Gasteiger partial charge on any atom is -0.460 e. The van der Waals surface area contributed by atoms with Gasteiger partial charge in [-0.25, -0.2) is 4.79 Å². The van der Waals surface area contributed by atoms with Crippen LogP contribution >= 0.6 is 0 Å². The van der Waals surface area contributed by atoms with E-state index in [4.69, 9.17) is 18.9 Å². The summed E-state index contributed by atoms with van der Waals surface area (Å²) in [7, 11) is 0. The predicted molar refractivity (Wildman–Crippen MR) is 118 cm³/mol. The molecule has 2 atom stereocenters. The molecule has 1 amide bonds. The molecule has 1 aromatic carbocycles. The van der Waals surface area contributed by atoms with Crippen LogP contribution in [0.15, 0.2) is 30.3 Å². The summed E-state index contributed by atoms with van der Waals surface area (Å²) in [5.41, 5.74) is 0.249. The number of ketones is 1. The van der Waals surface area contributed by atoms with Gasteiger partial charge < -0.3 is 24.3 Å². The van der Waals surface area contributed by atoms with E-state index in [-0.39, 0.29) is 38.1 Å². The second-order valence-electron chi connectivity index (χ2n) is 8.84. The normalized spacial score (nSPS) is 17.3. The number of benzene rings is 1. The van der Waals surface area contributed by atoms with Crippen molar-refractivity contribution in [2.75, 3.05) is 13.2 Å². The summed E-state index contributed by atoms with van der Waals surface area (Å²) in [6.45, 7) is 6.33. The average molecular weight is 450 g/mol. The zero-order valence-electron chi connectivity index (χ0n) is 19.3. The molecular weight excluding hydrogens is 414 g/mol. The lowest BCUT2D eigenvalue weighted by Gasteiger charge is -2.27. The van der Waals surface area contributed by atoms with Crippen molar-refractivity contribution >= 4 is 17.8 Å². The van der Waals surface area contributed by atoms with E-state index in [1.165, 1.54) is 0 Å². The van der Waals surface area contributed by atoms with Crippen LogP contribution in [0.2, 0.25) is 0 Å². The standard InChI is InChI=1S/C24H35NO7/c1-24(2,3)32-21(27)16-19(26)15-20(31-22-11-7-8-14-29-22)12-13-25-23(28)30-17-18-9-5-4-6-10-18/h4-6,9-10,20,22H,7-8,11-17H2,1-3H3,(H,25,28)/t20-,22?/m1/s1. The molecule has 0 spiro atoms. The molecule has 1 unspecified atom stereocenters. The number of hydrogen-bond acceptors (Lipinski definition) is 7. The topological polar surface area (TPSA) is 100 Å². The van der Waals surface area contributed by atoms with Gasteiger partial charge >= 0.3 is 12.1 Å². The summed E-state index contributed by atoms with van der Waals surface area (Å²) in [6, 6.07) is 9.39. The molecule has 1 aliphatic heterocycles. The Hall–Kier alpha value is -2.45. The predicted octanol–water partition coefficient (Wildman–Crippen LogP) is 3.91. The monoisotopic (exact) mass is 449 g/mol. The van der Waals surface area contributed by atoms with Crippen molar-refractivity contribution in [3.63, 3.8) is 0 Å². The molecule has 8 heteroatoms. The summed E-state index contributed by atoms with van der Waals surface area (Å²) in [6.07, 6.45) is 1.44. The van der Waals surface area contributed by atoms with Crippen LogP contribution in [-0.2, 0) is 35.1 Å². The van der Waals surface area contributed by atoms with Gasteiger partial charge in [0, 0.05) is 19.6 Å². The number of carbonyl (C=O) groups is 3. The van der Waals surface area contributed by atoms with Gasteiger partial charge in [-0.05, 0) is 52.0 Å². The number of alkyl carbamates (subject to hydrolysis) is 1. The van der Waals surface area contributed by atoms with Crippen LogP contribution in [0, 0.1) is 0 Å². The Morgan fingerprint density at radius 3 is 2.56 bits per heavy atom. The molecule has 1 heterocycles. The molecule has 0 bridgehead atoms. The maximum Gasteiger partial charge on any atom is 0.407 e. The second kappa shape index (κ2) is 13.2. The van der Waals surface area contributed by atoms with Crippen molar-refractivity contribution in [3.8, 4) is 0 Å². The van der Waals surface area contributed by atoms with Gasteiger partial charge in [-0.2, -0.15) is 0 Å². The lowest BCUT2D eigenvalue weighted by atomic mass is 10.1. The van der Waals surface area contributed by atoms with Crippen LogP contribution in [0.25, 0.3) is 0 Å². The Kier molecular flexibility index (Phi) is 10.6. The van der Waals surface area contributed by atoms with Crippen LogP contribution in [0.3, 0.4) is 0 Å². The van der Waals surface area contributed by atoms with E-state index in [0.717, 1.165) is 24.8 Å². The molecule has 178 valence electrons. The number of esters is 1. The molecule has 2 rings (SSSR count). The first kappa shape index (κ1) is 25.8. The molecule has 0 aliphatic carbocycles. The molecule has 1 fully saturated rings. The SMILES string of the molecule is CC(C)(C)OC(=O)CC(=O)C[C@@H](CCNC(=O)OCc1ccccc1)OC1CCCCO1. The van der Waals surface area contributed by atoms with Crippen molar-refractivity contribution in [2.45, 2.75) is 83.9 Å². The van der Waals surface area contributed by atoms with Crippen molar-refractivity contribution in [1.29, 1.82) is 0 Å². The van der Waals surface area contributed by atoms with Crippen molar-refractivity contribution in [2.24, 2.45) is 0 Å².